The average molecular weight is 520 g/mol. The van der Waals surface area contributed by atoms with Gasteiger partial charge in [0.2, 0.25) is 5.91 Å². The van der Waals surface area contributed by atoms with Crippen molar-refractivity contribution in [1.82, 2.24) is 4.90 Å². The van der Waals surface area contributed by atoms with Gasteiger partial charge in [0.05, 0.1) is 28.0 Å². The largest absolute Gasteiger partial charge is 0.494 e. The summed E-state index contributed by atoms with van der Waals surface area (Å²) >= 11 is 12.5. The van der Waals surface area contributed by atoms with E-state index in [0.717, 1.165) is 62.5 Å². The van der Waals surface area contributed by atoms with Crippen LogP contribution in [-0.4, -0.2) is 62.8 Å². The molecule has 1 amide bonds. The van der Waals surface area contributed by atoms with E-state index in [1.165, 1.54) is 4.90 Å². The van der Waals surface area contributed by atoms with Gasteiger partial charge >= 0.3 is 0 Å². The van der Waals surface area contributed by atoms with Gasteiger partial charge in [0.15, 0.2) is 6.23 Å². The van der Waals surface area contributed by atoms with Crippen molar-refractivity contribution in [2.75, 3.05) is 49.1 Å². The number of amides is 1. The van der Waals surface area contributed by atoms with Gasteiger partial charge in [0.25, 0.3) is 6.47 Å². The molecule has 0 aromatic heterocycles. The van der Waals surface area contributed by atoms with Gasteiger partial charge in [0.1, 0.15) is 5.75 Å². The lowest BCUT2D eigenvalue weighted by molar-refractivity contribution is -0.134. The summed E-state index contributed by atoms with van der Waals surface area (Å²) in [5.41, 5.74) is 2.81. The SMILES string of the molecule is CC(OC=O)N1C(=O)CCc2ccc(OCCCCN3CCN(c4cccc(Cl)c4Cl)CC3)cc21. The zero-order valence-corrected chi connectivity index (χ0v) is 21.4. The molecule has 0 saturated carbocycles. The molecule has 2 aliphatic heterocycles. The highest BCUT2D eigenvalue weighted by atomic mass is 35.5. The maximum Gasteiger partial charge on any atom is 0.295 e. The van der Waals surface area contributed by atoms with Crippen molar-refractivity contribution in [1.29, 1.82) is 0 Å². The first-order valence-corrected chi connectivity index (χ1v) is 12.8. The molecule has 2 aromatic carbocycles. The van der Waals surface area contributed by atoms with E-state index in [2.05, 4.69) is 9.80 Å². The van der Waals surface area contributed by atoms with Gasteiger partial charge in [-0.1, -0.05) is 35.3 Å². The molecule has 188 valence electrons. The number of hydrogen-bond acceptors (Lipinski definition) is 6. The Bertz CT molecular complexity index is 1040. The Balaban J connectivity index is 1.21. The molecule has 0 radical (unpaired) electrons. The molecule has 4 rings (SSSR count). The van der Waals surface area contributed by atoms with E-state index in [1.54, 1.807) is 6.92 Å². The minimum absolute atomic E-state index is 0.0540. The van der Waals surface area contributed by atoms with Crippen molar-refractivity contribution in [3.05, 3.63) is 52.0 Å². The highest BCUT2D eigenvalue weighted by Crippen LogP contribution is 2.34. The van der Waals surface area contributed by atoms with Crippen LogP contribution in [0.1, 0.15) is 31.7 Å². The van der Waals surface area contributed by atoms with Gasteiger partial charge in [-0.05, 0) is 56.5 Å². The number of carbonyl (C=O) groups excluding carboxylic acids is 2. The second kappa shape index (κ2) is 12.0. The number of anilines is 2. The number of rotatable bonds is 10. The van der Waals surface area contributed by atoms with Gasteiger partial charge < -0.3 is 14.4 Å². The Morgan fingerprint density at radius 1 is 1.03 bits per heavy atom. The fourth-order valence-electron chi connectivity index (χ4n) is 4.68. The van der Waals surface area contributed by atoms with E-state index >= 15 is 0 Å². The number of fused-ring (bicyclic) bond motifs is 1. The Hall–Kier alpha value is -2.48. The second-order valence-electron chi connectivity index (χ2n) is 8.84. The number of benzene rings is 2. The van der Waals surface area contributed by atoms with Crippen molar-refractivity contribution >= 4 is 47.0 Å². The molecule has 1 fully saturated rings. The molecule has 0 spiro atoms. The summed E-state index contributed by atoms with van der Waals surface area (Å²) < 4.78 is 11.0. The molecule has 0 N–H and O–H groups in total. The van der Waals surface area contributed by atoms with Crippen LogP contribution in [0.5, 0.6) is 5.75 Å². The number of carbonyl (C=O) groups is 2. The number of hydrogen-bond donors (Lipinski definition) is 0. The third-order valence-corrected chi connectivity index (χ3v) is 7.40. The van der Waals surface area contributed by atoms with Gasteiger partial charge in [-0.3, -0.25) is 19.4 Å². The van der Waals surface area contributed by atoms with E-state index in [-0.39, 0.29) is 5.91 Å². The van der Waals surface area contributed by atoms with Crippen LogP contribution in [0.15, 0.2) is 36.4 Å². The van der Waals surface area contributed by atoms with Crippen LogP contribution < -0.4 is 14.5 Å². The first kappa shape index (κ1) is 25.6. The highest BCUT2D eigenvalue weighted by molar-refractivity contribution is 6.43. The average Bonchev–Trinajstić information content (AvgIpc) is 2.86. The van der Waals surface area contributed by atoms with E-state index in [4.69, 9.17) is 32.7 Å². The maximum atomic E-state index is 12.4. The predicted molar refractivity (Wildman–Crippen MR) is 139 cm³/mol. The van der Waals surface area contributed by atoms with Crippen LogP contribution in [0.3, 0.4) is 0 Å². The van der Waals surface area contributed by atoms with Gasteiger partial charge in [0, 0.05) is 38.7 Å². The summed E-state index contributed by atoms with van der Waals surface area (Å²) in [6.07, 6.45) is 2.41. The lowest BCUT2D eigenvalue weighted by atomic mass is 10.0. The molecule has 2 heterocycles. The van der Waals surface area contributed by atoms with Crippen LogP contribution in [-0.2, 0) is 20.7 Å². The molecule has 1 atom stereocenters. The van der Waals surface area contributed by atoms with Crippen LogP contribution in [0.25, 0.3) is 0 Å². The fraction of sp³-hybridized carbons (Fsp3) is 0.462. The molecule has 2 aliphatic rings. The summed E-state index contributed by atoms with van der Waals surface area (Å²) in [6, 6.07) is 11.6. The summed E-state index contributed by atoms with van der Waals surface area (Å²) in [5.74, 6) is 0.662. The van der Waals surface area contributed by atoms with E-state index < -0.39 is 6.23 Å². The molecular weight excluding hydrogens is 489 g/mol. The molecule has 35 heavy (non-hydrogen) atoms. The molecule has 0 aliphatic carbocycles. The smallest absolute Gasteiger partial charge is 0.295 e. The van der Waals surface area contributed by atoms with Crippen LogP contribution in [0.4, 0.5) is 11.4 Å². The number of aryl methyl sites for hydroxylation is 1. The highest BCUT2D eigenvalue weighted by Gasteiger charge is 2.29. The number of ether oxygens (including phenoxy) is 2. The quantitative estimate of drug-likeness (QED) is 0.332. The van der Waals surface area contributed by atoms with E-state index in [0.29, 0.717) is 41.7 Å². The fourth-order valence-corrected chi connectivity index (χ4v) is 5.10. The molecule has 1 unspecified atom stereocenters. The van der Waals surface area contributed by atoms with E-state index in [9.17, 15) is 9.59 Å². The standard InChI is InChI=1S/C26H31Cl2N3O4/c1-19(35-18-32)31-24-17-21(9-7-20(24)8-10-25(31)33)34-16-3-2-11-29-12-14-30(15-13-29)23-6-4-5-22(27)26(23)28/h4-7,9,17-19H,2-3,8,10-16H2,1H3. The van der Waals surface area contributed by atoms with E-state index in [1.807, 2.05) is 36.4 Å². The Labute approximate surface area is 216 Å². The van der Waals surface area contributed by atoms with Crippen LogP contribution in [0, 0.1) is 0 Å². The molecule has 0 bridgehead atoms. The minimum atomic E-state index is -0.648. The number of nitrogens with zero attached hydrogens (tertiary/aromatic N) is 3. The molecule has 9 heteroatoms. The summed E-state index contributed by atoms with van der Waals surface area (Å²) in [7, 11) is 0. The normalized spacial score (nSPS) is 17.2. The Morgan fingerprint density at radius 2 is 1.83 bits per heavy atom. The van der Waals surface area contributed by atoms with Crippen molar-refractivity contribution in [2.24, 2.45) is 0 Å². The predicted octanol–water partition coefficient (Wildman–Crippen LogP) is 4.77. The monoisotopic (exact) mass is 519 g/mol. The Morgan fingerprint density at radius 3 is 2.60 bits per heavy atom. The second-order valence-corrected chi connectivity index (χ2v) is 9.63. The van der Waals surface area contributed by atoms with Crippen molar-refractivity contribution < 1.29 is 19.1 Å². The third kappa shape index (κ3) is 6.21. The van der Waals surface area contributed by atoms with Crippen LogP contribution in [0.2, 0.25) is 10.0 Å². The Kier molecular flexibility index (Phi) is 8.76. The topological polar surface area (TPSA) is 62.3 Å². The van der Waals surface area contributed by atoms with Crippen LogP contribution >= 0.6 is 23.2 Å². The summed E-state index contributed by atoms with van der Waals surface area (Å²) in [4.78, 5) is 29.5. The molecule has 7 nitrogen and oxygen atoms in total. The maximum absolute atomic E-state index is 12.4. The van der Waals surface area contributed by atoms with Crippen molar-refractivity contribution in [3.8, 4) is 5.75 Å². The molecular formula is C26H31Cl2N3O4. The minimum Gasteiger partial charge on any atom is -0.494 e. The van der Waals surface area contributed by atoms with Gasteiger partial charge in [-0.2, -0.15) is 0 Å². The lowest BCUT2D eigenvalue weighted by Gasteiger charge is -2.36. The summed E-state index contributed by atoms with van der Waals surface area (Å²) in [6.45, 7) is 7.51. The molecule has 1 saturated heterocycles. The third-order valence-electron chi connectivity index (χ3n) is 6.59. The van der Waals surface area contributed by atoms with Gasteiger partial charge in [-0.15, -0.1) is 0 Å². The first-order valence-electron chi connectivity index (χ1n) is 12.1. The number of halogens is 2. The number of unbranched alkanes of at least 4 members (excludes halogenated alkanes) is 1. The first-order chi connectivity index (χ1) is 17.0. The van der Waals surface area contributed by atoms with Crippen molar-refractivity contribution in [2.45, 2.75) is 38.8 Å². The zero-order valence-electron chi connectivity index (χ0n) is 19.9. The molecule has 2 aromatic rings. The van der Waals surface area contributed by atoms with Crippen molar-refractivity contribution in [3.63, 3.8) is 0 Å². The lowest BCUT2D eigenvalue weighted by Crippen LogP contribution is -2.46. The summed E-state index contributed by atoms with van der Waals surface area (Å²) in [5, 5.41) is 1.22. The zero-order chi connectivity index (χ0) is 24.8. The van der Waals surface area contributed by atoms with Gasteiger partial charge in [-0.25, -0.2) is 0 Å². The number of piperazine rings is 1.